The number of fused-ring (bicyclic) bond motifs is 1. The number of anilines is 1. The van der Waals surface area contributed by atoms with Crippen LogP contribution in [0.1, 0.15) is 29.0 Å². The average Bonchev–Trinajstić information content (AvgIpc) is 3.13. The van der Waals surface area contributed by atoms with Crippen LogP contribution < -0.4 is 21.3 Å². The van der Waals surface area contributed by atoms with Gasteiger partial charge < -0.3 is 35.5 Å². The van der Waals surface area contributed by atoms with Crippen molar-refractivity contribution in [3.63, 3.8) is 0 Å². The molecular weight excluding hydrogens is 691 g/mol. The van der Waals surface area contributed by atoms with Crippen LogP contribution in [0.3, 0.4) is 0 Å². The van der Waals surface area contributed by atoms with E-state index in [4.69, 9.17) is 14.2 Å². The van der Waals surface area contributed by atoms with Gasteiger partial charge in [-0.3, -0.25) is 4.79 Å². The number of hydrogen-bond acceptors (Lipinski definition) is 7. The number of carbonyl (C=O) groups excluding carboxylic acids is 3. The second-order valence-corrected chi connectivity index (χ2v) is 12.2. The summed E-state index contributed by atoms with van der Waals surface area (Å²) in [5.74, 6) is -2.58. The van der Waals surface area contributed by atoms with E-state index in [2.05, 4.69) is 16.0 Å². The van der Waals surface area contributed by atoms with Crippen molar-refractivity contribution in [3.05, 3.63) is 113 Å². The molecule has 4 N–H and O–H groups in total. The standard InChI is InChI=1S/C37H37F5N4O6/c1-50-36(49)46-33(32(23-11-13-26(38)14-12-23)25-10-9-22-5-2-3-6-24(22)17-25)34(47)45-31-8-4-7-30(39)29(31)16-15-28-18-43-27(19-51-28)20-52-35(48)44-21-37(40,41)42/h2-14,17,27-28,32-33,43H,15-16,18-21H2,1H3,(H,44,48)(H,45,47)(H,46,49)/t27-,28+,32+,33-/m0/s1. The maximum Gasteiger partial charge on any atom is 0.407 e. The smallest absolute Gasteiger partial charge is 0.407 e. The molecule has 1 aliphatic heterocycles. The molecule has 15 heteroatoms. The molecule has 276 valence electrons. The highest BCUT2D eigenvalue weighted by Crippen LogP contribution is 2.32. The molecular formula is C37H37F5N4O6. The first-order valence-electron chi connectivity index (χ1n) is 16.4. The van der Waals surface area contributed by atoms with Gasteiger partial charge in [-0.15, -0.1) is 0 Å². The molecule has 0 unspecified atom stereocenters. The topological polar surface area (TPSA) is 127 Å². The first kappa shape index (κ1) is 38.0. The minimum absolute atomic E-state index is 0.0819. The number of nitrogens with one attached hydrogen (secondary N) is 4. The SMILES string of the molecule is COC(=O)N[C@H](C(=O)Nc1cccc(F)c1CC[C@@H]1CN[C@H](COC(=O)NCC(F)(F)F)CO1)[C@H](c1ccc(F)cc1)c1ccc2ccccc2c1. The molecule has 1 aliphatic rings. The van der Waals surface area contributed by atoms with Gasteiger partial charge in [0.1, 0.15) is 30.8 Å². The zero-order valence-electron chi connectivity index (χ0n) is 28.0. The number of alkyl halides is 3. The van der Waals surface area contributed by atoms with Gasteiger partial charge >= 0.3 is 18.4 Å². The van der Waals surface area contributed by atoms with Gasteiger partial charge in [0.25, 0.3) is 0 Å². The molecule has 0 bridgehead atoms. The second kappa shape index (κ2) is 17.3. The van der Waals surface area contributed by atoms with Crippen molar-refractivity contribution >= 4 is 34.6 Å². The van der Waals surface area contributed by atoms with Crippen LogP contribution in [0.5, 0.6) is 0 Å². The second-order valence-electron chi connectivity index (χ2n) is 12.2. The summed E-state index contributed by atoms with van der Waals surface area (Å²) in [7, 11) is 1.16. The lowest BCUT2D eigenvalue weighted by Gasteiger charge is -2.30. The largest absolute Gasteiger partial charge is 0.453 e. The van der Waals surface area contributed by atoms with Gasteiger partial charge in [-0.1, -0.05) is 60.7 Å². The number of halogens is 5. The van der Waals surface area contributed by atoms with Crippen molar-refractivity contribution in [1.29, 1.82) is 0 Å². The Morgan fingerprint density at radius 3 is 2.35 bits per heavy atom. The van der Waals surface area contributed by atoms with Crippen LogP contribution in [-0.4, -0.2) is 75.9 Å². The molecule has 0 aliphatic carbocycles. The highest BCUT2D eigenvalue weighted by molar-refractivity contribution is 5.98. The van der Waals surface area contributed by atoms with E-state index < -0.39 is 66.6 Å². The van der Waals surface area contributed by atoms with Crippen molar-refractivity contribution in [2.45, 2.75) is 43.1 Å². The summed E-state index contributed by atoms with van der Waals surface area (Å²) in [4.78, 5) is 38.4. The van der Waals surface area contributed by atoms with E-state index in [0.717, 1.165) is 17.9 Å². The molecule has 0 saturated carbocycles. The summed E-state index contributed by atoms with van der Waals surface area (Å²) in [5.41, 5.74) is 1.53. The van der Waals surface area contributed by atoms with Crippen LogP contribution >= 0.6 is 0 Å². The summed E-state index contributed by atoms with van der Waals surface area (Å²) < 4.78 is 81.7. The van der Waals surface area contributed by atoms with Crippen LogP contribution in [0.2, 0.25) is 0 Å². The van der Waals surface area contributed by atoms with Crippen molar-refractivity contribution in [3.8, 4) is 0 Å². The monoisotopic (exact) mass is 728 g/mol. The summed E-state index contributed by atoms with van der Waals surface area (Å²) >= 11 is 0. The van der Waals surface area contributed by atoms with Gasteiger partial charge in [0.15, 0.2) is 0 Å². The first-order valence-corrected chi connectivity index (χ1v) is 16.4. The fourth-order valence-electron chi connectivity index (χ4n) is 5.94. The number of methoxy groups -OCH3 is 1. The molecule has 4 aromatic carbocycles. The number of rotatable bonds is 12. The Morgan fingerprint density at radius 1 is 0.923 bits per heavy atom. The molecule has 0 aromatic heterocycles. The molecule has 4 aromatic rings. The number of amides is 3. The molecule has 3 amide bonds. The van der Waals surface area contributed by atoms with E-state index in [1.165, 1.54) is 42.5 Å². The third kappa shape index (κ3) is 10.4. The van der Waals surface area contributed by atoms with E-state index in [9.17, 15) is 31.9 Å². The normalized spacial score (nSPS) is 17.1. The zero-order valence-corrected chi connectivity index (χ0v) is 28.0. The average molecular weight is 729 g/mol. The van der Waals surface area contributed by atoms with Crippen molar-refractivity contribution < 1.29 is 50.5 Å². The number of carbonyl (C=O) groups is 3. The Morgan fingerprint density at radius 2 is 1.65 bits per heavy atom. The van der Waals surface area contributed by atoms with Gasteiger partial charge in [0.05, 0.1) is 25.9 Å². The Labute approximate surface area is 296 Å². The molecule has 0 spiro atoms. The molecule has 1 saturated heterocycles. The molecule has 10 nitrogen and oxygen atoms in total. The Hall–Kier alpha value is -5.28. The van der Waals surface area contributed by atoms with Crippen LogP contribution in [0.4, 0.5) is 37.2 Å². The lowest BCUT2D eigenvalue weighted by atomic mass is 9.83. The van der Waals surface area contributed by atoms with E-state index in [-0.39, 0.29) is 37.4 Å². The highest BCUT2D eigenvalue weighted by Gasteiger charge is 2.34. The van der Waals surface area contributed by atoms with Crippen molar-refractivity contribution in [2.75, 3.05) is 38.7 Å². The maximum atomic E-state index is 15.3. The van der Waals surface area contributed by atoms with E-state index >= 15 is 4.39 Å². The lowest BCUT2D eigenvalue weighted by Crippen LogP contribution is -2.49. The van der Waals surface area contributed by atoms with Crippen LogP contribution in [-0.2, 0) is 25.4 Å². The Bertz CT molecular complexity index is 1850. The summed E-state index contributed by atoms with van der Waals surface area (Å²) in [6, 6.07) is 21.2. The minimum atomic E-state index is -4.56. The number of alkyl carbamates (subject to hydrolysis) is 2. The Balaban J connectivity index is 1.30. The molecule has 1 heterocycles. The van der Waals surface area contributed by atoms with E-state index in [1.807, 2.05) is 42.5 Å². The number of hydrogen-bond donors (Lipinski definition) is 4. The summed E-state index contributed by atoms with van der Waals surface area (Å²) in [5, 5.41) is 12.0. The van der Waals surface area contributed by atoms with Gasteiger partial charge in [0.2, 0.25) is 5.91 Å². The minimum Gasteiger partial charge on any atom is -0.453 e. The predicted molar refractivity (Wildman–Crippen MR) is 182 cm³/mol. The third-order valence-corrected chi connectivity index (χ3v) is 8.55. The highest BCUT2D eigenvalue weighted by atomic mass is 19.4. The molecule has 5 rings (SSSR count). The number of benzene rings is 4. The fraction of sp³-hybridized carbons (Fsp3) is 0.324. The molecule has 52 heavy (non-hydrogen) atoms. The number of morpholine rings is 1. The number of ether oxygens (including phenoxy) is 3. The van der Waals surface area contributed by atoms with Gasteiger partial charge in [-0.25, -0.2) is 18.4 Å². The Kier molecular flexibility index (Phi) is 12.6. The lowest BCUT2D eigenvalue weighted by molar-refractivity contribution is -0.124. The summed E-state index contributed by atoms with van der Waals surface area (Å²) in [6.07, 6.45) is -6.61. The quantitative estimate of drug-likeness (QED) is 0.128. The van der Waals surface area contributed by atoms with Gasteiger partial charge in [-0.2, -0.15) is 13.2 Å². The van der Waals surface area contributed by atoms with Gasteiger partial charge in [-0.05, 0) is 59.0 Å². The zero-order chi connectivity index (χ0) is 37.3. The van der Waals surface area contributed by atoms with Crippen LogP contribution in [0.15, 0.2) is 84.9 Å². The molecule has 1 fully saturated rings. The van der Waals surface area contributed by atoms with Crippen LogP contribution in [0, 0.1) is 11.6 Å². The van der Waals surface area contributed by atoms with Crippen molar-refractivity contribution in [1.82, 2.24) is 16.0 Å². The first-order chi connectivity index (χ1) is 24.9. The predicted octanol–water partition coefficient (Wildman–Crippen LogP) is 6.19. The third-order valence-electron chi connectivity index (χ3n) is 8.55. The fourth-order valence-corrected chi connectivity index (χ4v) is 5.94. The van der Waals surface area contributed by atoms with E-state index in [0.29, 0.717) is 17.5 Å². The molecule has 4 atom stereocenters. The van der Waals surface area contributed by atoms with E-state index in [1.54, 1.807) is 5.32 Å². The maximum absolute atomic E-state index is 15.3. The van der Waals surface area contributed by atoms with Gasteiger partial charge in [0, 0.05) is 23.7 Å². The van der Waals surface area contributed by atoms with Crippen LogP contribution in [0.25, 0.3) is 10.8 Å². The van der Waals surface area contributed by atoms with Crippen molar-refractivity contribution in [2.24, 2.45) is 0 Å². The molecule has 0 radical (unpaired) electrons. The summed E-state index contributed by atoms with van der Waals surface area (Å²) in [6.45, 7) is -1.37.